The Morgan fingerprint density at radius 3 is 1.32 bits per heavy atom. The molecule has 6 rings (SSSR count). The minimum atomic E-state index is -0.213. The van der Waals surface area contributed by atoms with Gasteiger partial charge in [-0.1, -0.05) is 188 Å². The first-order valence-electron chi connectivity index (χ1n) is 19.9. The fourth-order valence-corrected chi connectivity index (χ4v) is 5.31. The number of hydrogen-bond acceptors (Lipinski definition) is 9. The Morgan fingerprint density at radius 1 is 0.540 bits per heavy atom. The summed E-state index contributed by atoms with van der Waals surface area (Å²) >= 11 is 0. The molecule has 11 nitrogen and oxygen atoms in total. The van der Waals surface area contributed by atoms with Crippen LogP contribution in [0.1, 0.15) is 118 Å². The van der Waals surface area contributed by atoms with Crippen LogP contribution in [0.4, 0.5) is 0 Å². The van der Waals surface area contributed by atoms with Crippen molar-refractivity contribution in [2.24, 2.45) is 20.2 Å². The number of aliphatic imine (C=N–C) groups is 2. The molecular weight excluding hydrogens is 1070 g/mol. The van der Waals surface area contributed by atoms with E-state index >= 15 is 0 Å². The van der Waals surface area contributed by atoms with Crippen LogP contribution in [-0.2, 0) is 16.2 Å². The number of nitrogens with zero attached hydrogens (tertiary/aromatic N) is 9. The van der Waals surface area contributed by atoms with Gasteiger partial charge >= 0.3 is 233 Å². The maximum absolute atomic E-state index is 4.61. The summed E-state index contributed by atoms with van der Waals surface area (Å²) in [7, 11) is 3.75. The van der Waals surface area contributed by atoms with E-state index in [0.29, 0.717) is 11.6 Å². The van der Waals surface area contributed by atoms with E-state index in [0.717, 1.165) is 28.6 Å². The van der Waals surface area contributed by atoms with Crippen molar-refractivity contribution in [1.82, 2.24) is 25.2 Å². The maximum atomic E-state index is 4.61. The molecule has 1 aromatic heterocycles. The molecule has 2 aliphatic rings. The van der Waals surface area contributed by atoms with Crippen LogP contribution in [0.2, 0.25) is 0 Å². The van der Waals surface area contributed by atoms with Crippen molar-refractivity contribution in [3.05, 3.63) is 162 Å². The van der Waals surface area contributed by atoms with Crippen LogP contribution >= 0.6 is 0 Å². The van der Waals surface area contributed by atoms with Crippen molar-refractivity contribution in [1.29, 1.82) is 0 Å². The minimum Gasteiger partial charge on any atom is -0.693 e. The SMILES string of the molecule is C=C1N=C(C)N(C)N=C1C(C)(C)c1ccccc1.C=C1N=[C-]C(C(C)(C)c2ccccc2)=NN1C.CC.CC.CC.Cc1n[c-]c(C(C)(C)c2ccccc2)nn1.[NH2-].[NH2-].[Rb+].[Rb+].[Rb+].[Rb+]. The van der Waals surface area contributed by atoms with Crippen molar-refractivity contribution in [2.75, 3.05) is 14.1 Å². The molecule has 3 heterocycles. The number of allylic oxidation sites excluding steroid dienone is 1. The molecule has 4 aromatic rings. The van der Waals surface area contributed by atoms with Crippen LogP contribution in [0.5, 0.6) is 0 Å². The summed E-state index contributed by atoms with van der Waals surface area (Å²) < 4.78 is 0. The van der Waals surface area contributed by atoms with Gasteiger partial charge in [0.15, 0.2) is 0 Å². The van der Waals surface area contributed by atoms with Gasteiger partial charge in [-0.2, -0.15) is 10.2 Å². The van der Waals surface area contributed by atoms with E-state index in [1.54, 1.807) is 10.0 Å². The molecule has 0 saturated carbocycles. The smallest absolute Gasteiger partial charge is 0.693 e. The van der Waals surface area contributed by atoms with E-state index in [-0.39, 0.29) is 261 Å². The van der Waals surface area contributed by atoms with Gasteiger partial charge in [0.2, 0.25) is 0 Å². The summed E-state index contributed by atoms with van der Waals surface area (Å²) in [5.41, 5.74) is 6.23. The molecule has 0 aliphatic carbocycles. The molecule has 0 saturated heterocycles. The predicted molar refractivity (Wildman–Crippen MR) is 255 cm³/mol. The van der Waals surface area contributed by atoms with Gasteiger partial charge in [-0.15, -0.1) is 19.0 Å². The normalized spacial score (nSPS) is 12.2. The van der Waals surface area contributed by atoms with E-state index in [2.05, 4.69) is 139 Å². The van der Waals surface area contributed by atoms with Crippen LogP contribution in [0.15, 0.2) is 136 Å². The van der Waals surface area contributed by atoms with Gasteiger partial charge in [-0.3, -0.25) is 5.01 Å². The first-order valence-corrected chi connectivity index (χ1v) is 19.9. The van der Waals surface area contributed by atoms with Crippen LogP contribution < -0.4 is 233 Å². The van der Waals surface area contributed by atoms with E-state index in [1.165, 1.54) is 16.7 Å². The number of benzene rings is 3. The first-order chi connectivity index (χ1) is 27.0. The maximum Gasteiger partial charge on any atom is 1.00 e. The Hall–Kier alpha value is 1.57. The monoisotopic (exact) mass is 1140 g/mol. The summed E-state index contributed by atoms with van der Waals surface area (Å²) in [4.78, 5) is 12.7. The quantitative estimate of drug-likeness (QED) is 0.260. The Morgan fingerprint density at radius 2 is 0.937 bits per heavy atom. The van der Waals surface area contributed by atoms with E-state index < -0.39 is 0 Å². The number of aryl methyl sites for hydroxylation is 1. The first kappa shape index (κ1) is 76.1. The number of amidine groups is 1. The van der Waals surface area contributed by atoms with Crippen LogP contribution in [0, 0.1) is 13.1 Å². The van der Waals surface area contributed by atoms with Crippen molar-refractivity contribution in [3.8, 4) is 0 Å². The summed E-state index contributed by atoms with van der Waals surface area (Å²) in [6.07, 6.45) is 5.92. The molecule has 0 spiro atoms. The third kappa shape index (κ3) is 23.8. The second-order valence-corrected chi connectivity index (χ2v) is 14.0. The second-order valence-electron chi connectivity index (χ2n) is 14.0. The van der Waals surface area contributed by atoms with E-state index in [4.69, 9.17) is 0 Å². The van der Waals surface area contributed by atoms with Gasteiger partial charge in [0, 0.05) is 30.3 Å². The molecule has 4 N–H and O–H groups in total. The Balaban J connectivity index is -0.000000174. The molecule has 2 aliphatic heterocycles. The third-order valence-corrected chi connectivity index (χ3v) is 9.08. The zero-order valence-corrected chi connectivity index (χ0v) is 62.4. The van der Waals surface area contributed by atoms with Gasteiger partial charge in [0.1, 0.15) is 5.84 Å². The molecule has 0 amide bonds. The Bertz CT molecular complexity index is 1950. The number of aromatic nitrogens is 3. The van der Waals surface area contributed by atoms with Crippen molar-refractivity contribution in [3.63, 3.8) is 0 Å². The standard InChI is InChI=1S/C15H19N3.C14H16N3.C13H14N3.3C2H6.2H2N.4Rb/c1-11-14(17-18(5)12(2)16-11)15(3,4)13-9-7-6-8-10-13;1-11-15-10-13(16-17(11)4)14(2,3)12-8-6-5-7-9-12;1-10-14-9-12(16-15-10)13(2,3)11-7-5-4-6-8-11;3*1-2;;;;;;/h6-10H,1H2,2-5H3;5-9H,1H2,2-4H3;4-8H,1-3H3;3*1-2H3;2*1H2;;;;/q;2*-1;;;;2*-1;4*+1. The molecule has 0 unspecified atom stereocenters. The van der Waals surface area contributed by atoms with Gasteiger partial charge in [0.25, 0.3) is 0 Å². The predicted octanol–water partition coefficient (Wildman–Crippen LogP) is 0.717. The van der Waals surface area contributed by atoms with Crippen molar-refractivity contribution < 1.29 is 233 Å². The molecule has 15 heteroatoms. The number of hydrazone groups is 2. The second kappa shape index (κ2) is 39.3. The zero-order valence-electron chi connectivity index (χ0n) is 42.8. The molecule has 3 aromatic carbocycles. The van der Waals surface area contributed by atoms with Crippen LogP contribution in [0.25, 0.3) is 12.3 Å². The number of rotatable bonds is 6. The summed E-state index contributed by atoms with van der Waals surface area (Å²) in [6, 6.07) is 30.8. The fourth-order valence-electron chi connectivity index (χ4n) is 5.31. The zero-order chi connectivity index (χ0) is 43.4. The Kier molecular flexibility index (Phi) is 47.5. The minimum absolute atomic E-state index is 0. The van der Waals surface area contributed by atoms with Gasteiger partial charge in [-0.25, -0.2) is 15.2 Å². The topological polar surface area (TPSA) is 162 Å². The van der Waals surface area contributed by atoms with Crippen LogP contribution in [-0.4, -0.2) is 62.8 Å². The molecule has 0 fully saturated rings. The van der Waals surface area contributed by atoms with Crippen molar-refractivity contribution in [2.45, 2.75) is 113 Å². The molecular formula is C48H71N11Rb4. The van der Waals surface area contributed by atoms with Crippen LogP contribution in [0.3, 0.4) is 0 Å². The molecule has 322 valence electrons. The molecule has 0 bridgehead atoms. The summed E-state index contributed by atoms with van der Waals surface area (Å²) in [5, 5.41) is 20.7. The summed E-state index contributed by atoms with van der Waals surface area (Å²) in [6.45, 7) is 36.3. The van der Waals surface area contributed by atoms with Gasteiger partial charge in [-0.05, 0) is 46.7 Å². The molecule has 0 radical (unpaired) electrons. The molecule has 63 heavy (non-hydrogen) atoms. The largest absolute Gasteiger partial charge is 1.00 e. The summed E-state index contributed by atoms with van der Waals surface area (Å²) in [5.74, 6) is 2.12. The fraction of sp³-hybridized carbons (Fsp3) is 0.396. The number of hydrogen-bond donors (Lipinski definition) is 0. The van der Waals surface area contributed by atoms with Crippen molar-refractivity contribution >= 4 is 23.5 Å². The van der Waals surface area contributed by atoms with Gasteiger partial charge in [0.05, 0.1) is 11.4 Å². The number of nitrogens with two attached hydrogens (primary N) is 2. The third-order valence-electron chi connectivity index (χ3n) is 9.08. The molecule has 0 atom stereocenters. The average molecular weight is 1140 g/mol. The van der Waals surface area contributed by atoms with E-state index in [1.807, 2.05) is 124 Å². The average Bonchev–Trinajstić information content (AvgIpc) is 3.24. The van der Waals surface area contributed by atoms with Gasteiger partial charge < -0.3 is 27.3 Å². The Labute approximate surface area is 578 Å². The van der Waals surface area contributed by atoms with E-state index in [9.17, 15) is 0 Å².